The number of nitro benzene ring substituents is 1. The van der Waals surface area contributed by atoms with Crippen LogP contribution < -0.4 is 5.32 Å². The number of carbonyl (C=O) groups is 1. The third-order valence-corrected chi connectivity index (χ3v) is 5.27. The number of anilines is 1. The van der Waals surface area contributed by atoms with Crippen LogP contribution in [0.2, 0.25) is 0 Å². The van der Waals surface area contributed by atoms with E-state index in [1.54, 1.807) is 42.1 Å². The first-order valence-electron chi connectivity index (χ1n) is 8.62. The highest BCUT2D eigenvalue weighted by Gasteiger charge is 2.20. The van der Waals surface area contributed by atoms with Gasteiger partial charge in [0.15, 0.2) is 17.3 Å². The highest BCUT2D eigenvalue weighted by atomic mass is 32.2. The molecular weight excluding hydrogens is 408 g/mol. The normalized spacial score (nSPS) is 10.7. The zero-order chi connectivity index (χ0) is 21.1. The fraction of sp³-hybridized carbons (Fsp3) is 0.0526. The molecule has 0 radical (unpaired) electrons. The van der Waals surface area contributed by atoms with Gasteiger partial charge in [-0.15, -0.1) is 10.2 Å². The molecule has 0 saturated carbocycles. The smallest absolute Gasteiger partial charge is 0.284 e. The number of amides is 1. The molecule has 0 aliphatic rings. The summed E-state index contributed by atoms with van der Waals surface area (Å²) < 4.78 is 6.88. The summed E-state index contributed by atoms with van der Waals surface area (Å²) in [6, 6.07) is 11.3. The Balaban J connectivity index is 1.53. The molecule has 150 valence electrons. The van der Waals surface area contributed by atoms with Crippen molar-refractivity contribution >= 4 is 29.0 Å². The van der Waals surface area contributed by atoms with Crippen LogP contribution in [-0.4, -0.2) is 30.6 Å². The third-order valence-electron chi connectivity index (χ3n) is 4.15. The van der Waals surface area contributed by atoms with Gasteiger partial charge in [-0.25, -0.2) is 4.98 Å². The number of hydrogen-bond acceptors (Lipinski definition) is 8. The SMILES string of the molecule is Cn1cnnc1Sc1ccc(C(=O)Nc2ccc(-c3cnco3)cc2)cc1[N+](=O)[O-]. The maximum atomic E-state index is 12.6. The van der Waals surface area contributed by atoms with Gasteiger partial charge in [0.2, 0.25) is 0 Å². The molecule has 2 heterocycles. The Bertz CT molecular complexity index is 1200. The van der Waals surface area contributed by atoms with E-state index < -0.39 is 10.8 Å². The number of hydrogen-bond donors (Lipinski definition) is 1. The van der Waals surface area contributed by atoms with Crippen molar-refractivity contribution in [2.45, 2.75) is 10.1 Å². The fourth-order valence-corrected chi connectivity index (χ4v) is 3.48. The molecule has 11 heteroatoms. The summed E-state index contributed by atoms with van der Waals surface area (Å²) in [5.41, 5.74) is 1.34. The Hall–Kier alpha value is -3.99. The van der Waals surface area contributed by atoms with Gasteiger partial charge in [-0.05, 0) is 48.2 Å². The largest absolute Gasteiger partial charge is 0.444 e. The second-order valence-electron chi connectivity index (χ2n) is 6.16. The van der Waals surface area contributed by atoms with Crippen molar-refractivity contribution in [3.63, 3.8) is 0 Å². The molecule has 0 spiro atoms. The number of benzene rings is 2. The lowest BCUT2D eigenvalue weighted by molar-refractivity contribution is -0.387. The van der Waals surface area contributed by atoms with E-state index in [4.69, 9.17) is 4.42 Å². The van der Waals surface area contributed by atoms with Gasteiger partial charge in [0.05, 0.1) is 16.0 Å². The van der Waals surface area contributed by atoms with E-state index in [0.29, 0.717) is 21.5 Å². The van der Waals surface area contributed by atoms with E-state index in [1.165, 1.54) is 30.9 Å². The number of nitro groups is 1. The number of oxazole rings is 1. The Morgan fingerprint density at radius 1 is 1.23 bits per heavy atom. The number of carbonyl (C=O) groups excluding carboxylic acids is 1. The molecule has 0 bridgehead atoms. The quantitative estimate of drug-likeness (QED) is 0.367. The van der Waals surface area contributed by atoms with E-state index in [9.17, 15) is 14.9 Å². The summed E-state index contributed by atoms with van der Waals surface area (Å²) in [4.78, 5) is 27.8. The van der Waals surface area contributed by atoms with Crippen molar-refractivity contribution in [1.29, 1.82) is 0 Å². The van der Waals surface area contributed by atoms with Crippen molar-refractivity contribution in [3.8, 4) is 11.3 Å². The van der Waals surface area contributed by atoms with Crippen LogP contribution in [-0.2, 0) is 7.05 Å². The van der Waals surface area contributed by atoms with Crippen LogP contribution in [0.4, 0.5) is 11.4 Å². The van der Waals surface area contributed by atoms with Crippen LogP contribution in [0.1, 0.15) is 10.4 Å². The number of rotatable bonds is 6. The van der Waals surface area contributed by atoms with Crippen LogP contribution in [0.25, 0.3) is 11.3 Å². The van der Waals surface area contributed by atoms with Crippen molar-refractivity contribution < 1.29 is 14.1 Å². The fourth-order valence-electron chi connectivity index (χ4n) is 2.63. The van der Waals surface area contributed by atoms with Crippen molar-refractivity contribution in [1.82, 2.24) is 19.7 Å². The minimum Gasteiger partial charge on any atom is -0.444 e. The summed E-state index contributed by atoms with van der Waals surface area (Å²) >= 11 is 1.10. The first-order chi connectivity index (χ1) is 14.5. The van der Waals surface area contributed by atoms with E-state index in [1.807, 2.05) is 0 Å². The predicted molar refractivity (Wildman–Crippen MR) is 108 cm³/mol. The van der Waals surface area contributed by atoms with Gasteiger partial charge in [0.25, 0.3) is 11.6 Å². The molecule has 10 nitrogen and oxygen atoms in total. The minimum atomic E-state index is -0.526. The molecule has 0 fully saturated rings. The van der Waals surface area contributed by atoms with Crippen LogP contribution in [0.3, 0.4) is 0 Å². The molecule has 4 rings (SSSR count). The highest BCUT2D eigenvalue weighted by Crippen LogP contribution is 2.34. The van der Waals surface area contributed by atoms with Crippen molar-refractivity contribution in [2.24, 2.45) is 7.05 Å². The van der Waals surface area contributed by atoms with Crippen LogP contribution in [0.5, 0.6) is 0 Å². The van der Waals surface area contributed by atoms with Crippen LogP contribution >= 0.6 is 11.8 Å². The highest BCUT2D eigenvalue weighted by molar-refractivity contribution is 7.99. The Labute approximate surface area is 174 Å². The van der Waals surface area contributed by atoms with Gasteiger partial charge in [0, 0.05) is 29.9 Å². The lowest BCUT2D eigenvalue weighted by Crippen LogP contribution is -2.12. The Morgan fingerprint density at radius 2 is 2.03 bits per heavy atom. The first kappa shape index (κ1) is 19.3. The van der Waals surface area contributed by atoms with Gasteiger partial charge >= 0.3 is 0 Å². The predicted octanol–water partition coefficient (Wildman–Crippen LogP) is 3.78. The number of aryl methyl sites for hydroxylation is 1. The second-order valence-corrected chi connectivity index (χ2v) is 7.17. The molecule has 0 aliphatic carbocycles. The molecule has 0 unspecified atom stereocenters. The summed E-state index contributed by atoms with van der Waals surface area (Å²) in [7, 11) is 1.74. The second kappa shape index (κ2) is 8.17. The van der Waals surface area contributed by atoms with Gasteiger partial charge < -0.3 is 14.3 Å². The summed E-state index contributed by atoms with van der Waals surface area (Å²) in [5, 5.41) is 22.4. The zero-order valence-corrected chi connectivity index (χ0v) is 16.4. The summed E-state index contributed by atoms with van der Waals surface area (Å²) in [5.74, 6) is 0.153. The van der Waals surface area contributed by atoms with Crippen molar-refractivity contribution in [2.75, 3.05) is 5.32 Å². The minimum absolute atomic E-state index is 0.170. The van der Waals surface area contributed by atoms with Crippen LogP contribution in [0, 0.1) is 10.1 Å². The molecule has 0 saturated heterocycles. The monoisotopic (exact) mass is 422 g/mol. The van der Waals surface area contributed by atoms with Gasteiger partial charge in [0.1, 0.15) is 6.33 Å². The maximum Gasteiger partial charge on any atom is 0.284 e. The van der Waals surface area contributed by atoms with E-state index in [-0.39, 0.29) is 11.3 Å². The summed E-state index contributed by atoms with van der Waals surface area (Å²) in [6.45, 7) is 0. The molecule has 1 amide bonds. The molecule has 30 heavy (non-hydrogen) atoms. The first-order valence-corrected chi connectivity index (χ1v) is 9.43. The number of nitrogens with zero attached hydrogens (tertiary/aromatic N) is 5. The van der Waals surface area contributed by atoms with Gasteiger partial charge in [-0.2, -0.15) is 0 Å². The lowest BCUT2D eigenvalue weighted by atomic mass is 10.1. The van der Waals surface area contributed by atoms with E-state index in [0.717, 1.165) is 17.3 Å². The standard InChI is InChI=1S/C19H14N6O4S/c1-24-10-21-23-19(24)30-17-7-4-13(8-15(17)25(27)28)18(26)22-14-5-2-12(3-6-14)16-9-20-11-29-16/h2-11H,1H3,(H,22,26). The molecule has 4 aromatic rings. The average molecular weight is 422 g/mol. The van der Waals surface area contributed by atoms with Crippen molar-refractivity contribution in [3.05, 3.63) is 77.1 Å². The lowest BCUT2D eigenvalue weighted by Gasteiger charge is -2.08. The summed E-state index contributed by atoms with van der Waals surface area (Å²) in [6.07, 6.45) is 4.43. The molecule has 2 aromatic carbocycles. The molecule has 1 N–H and O–H groups in total. The number of nitrogens with one attached hydrogen (secondary N) is 1. The molecule has 2 aromatic heterocycles. The van der Waals surface area contributed by atoms with E-state index in [2.05, 4.69) is 20.5 Å². The zero-order valence-electron chi connectivity index (χ0n) is 15.6. The topological polar surface area (TPSA) is 129 Å². The Kier molecular flexibility index (Phi) is 5.26. The van der Waals surface area contributed by atoms with E-state index >= 15 is 0 Å². The number of aromatic nitrogens is 4. The third kappa shape index (κ3) is 4.05. The van der Waals surface area contributed by atoms with Crippen LogP contribution in [0.15, 0.2) is 75.9 Å². The molecule has 0 aliphatic heterocycles. The molecule has 0 atom stereocenters. The average Bonchev–Trinajstić information content (AvgIpc) is 3.41. The van der Waals surface area contributed by atoms with Gasteiger partial charge in [-0.1, -0.05) is 0 Å². The maximum absolute atomic E-state index is 12.6. The Morgan fingerprint density at radius 3 is 2.67 bits per heavy atom. The molecular formula is C19H14N6O4S. The van der Waals surface area contributed by atoms with Gasteiger partial charge in [-0.3, -0.25) is 14.9 Å².